The SMILES string of the molecule is CC1CN(C(=O)c2nc3c(Cl)cccc3[nH]2)Cc2cccnc21. The number of hydrogen-bond donors (Lipinski definition) is 1. The van der Waals surface area contributed by atoms with E-state index in [-0.39, 0.29) is 11.8 Å². The van der Waals surface area contributed by atoms with Crippen LogP contribution in [0.2, 0.25) is 5.02 Å². The summed E-state index contributed by atoms with van der Waals surface area (Å²) in [4.78, 5) is 26.5. The van der Waals surface area contributed by atoms with Gasteiger partial charge in [0.2, 0.25) is 0 Å². The lowest BCUT2D eigenvalue weighted by Crippen LogP contribution is -2.38. The Labute approximate surface area is 138 Å². The van der Waals surface area contributed by atoms with Gasteiger partial charge in [-0.15, -0.1) is 0 Å². The van der Waals surface area contributed by atoms with Crippen LogP contribution in [0.25, 0.3) is 11.0 Å². The normalized spacial score (nSPS) is 17.3. The average Bonchev–Trinajstić information content (AvgIpc) is 3.00. The third-order valence-corrected chi connectivity index (χ3v) is 4.51. The third kappa shape index (κ3) is 2.37. The van der Waals surface area contributed by atoms with E-state index in [0.29, 0.717) is 29.5 Å². The van der Waals surface area contributed by atoms with Gasteiger partial charge in [0.05, 0.1) is 10.5 Å². The maximum absolute atomic E-state index is 12.8. The van der Waals surface area contributed by atoms with Crippen LogP contribution in [0.1, 0.15) is 34.7 Å². The molecule has 0 radical (unpaired) electrons. The number of carbonyl (C=O) groups excluding carboxylic acids is 1. The molecule has 1 aliphatic rings. The first-order chi connectivity index (χ1) is 11.1. The number of para-hydroxylation sites is 1. The van der Waals surface area contributed by atoms with E-state index in [1.807, 2.05) is 24.3 Å². The van der Waals surface area contributed by atoms with Crippen molar-refractivity contribution in [2.24, 2.45) is 0 Å². The minimum Gasteiger partial charge on any atom is -0.334 e. The minimum absolute atomic E-state index is 0.112. The summed E-state index contributed by atoms with van der Waals surface area (Å²) in [6.07, 6.45) is 1.80. The van der Waals surface area contributed by atoms with Crippen LogP contribution in [-0.2, 0) is 6.54 Å². The van der Waals surface area contributed by atoms with Gasteiger partial charge in [-0.25, -0.2) is 4.98 Å². The molecule has 1 atom stereocenters. The second-order valence-electron chi connectivity index (χ2n) is 5.86. The van der Waals surface area contributed by atoms with Crippen LogP contribution < -0.4 is 0 Å². The molecule has 0 saturated carbocycles. The lowest BCUT2D eigenvalue weighted by molar-refractivity contribution is 0.0708. The molecule has 1 unspecified atom stereocenters. The number of hydrogen-bond acceptors (Lipinski definition) is 3. The zero-order chi connectivity index (χ0) is 16.0. The Hall–Kier alpha value is -2.40. The molecule has 5 nitrogen and oxygen atoms in total. The van der Waals surface area contributed by atoms with Gasteiger partial charge in [0, 0.05) is 30.9 Å². The fourth-order valence-electron chi connectivity index (χ4n) is 3.12. The van der Waals surface area contributed by atoms with Crippen LogP contribution in [0.3, 0.4) is 0 Å². The second kappa shape index (κ2) is 5.35. The zero-order valence-electron chi connectivity index (χ0n) is 12.6. The summed E-state index contributed by atoms with van der Waals surface area (Å²) in [5.41, 5.74) is 3.57. The van der Waals surface area contributed by atoms with Gasteiger partial charge < -0.3 is 9.88 Å². The van der Waals surface area contributed by atoms with Crippen molar-refractivity contribution < 1.29 is 4.79 Å². The van der Waals surface area contributed by atoms with Gasteiger partial charge >= 0.3 is 0 Å². The Balaban J connectivity index is 1.68. The number of aromatic nitrogens is 3. The highest BCUT2D eigenvalue weighted by atomic mass is 35.5. The summed E-state index contributed by atoms with van der Waals surface area (Å²) in [6, 6.07) is 9.39. The minimum atomic E-state index is -0.112. The predicted molar refractivity (Wildman–Crippen MR) is 88.5 cm³/mol. The first-order valence-corrected chi connectivity index (χ1v) is 7.88. The molecule has 1 N–H and O–H groups in total. The maximum Gasteiger partial charge on any atom is 0.290 e. The number of nitrogens with one attached hydrogen (secondary N) is 1. The highest BCUT2D eigenvalue weighted by Crippen LogP contribution is 2.27. The quantitative estimate of drug-likeness (QED) is 0.745. The summed E-state index contributed by atoms with van der Waals surface area (Å²) in [5.74, 6) is 0.420. The van der Waals surface area contributed by atoms with E-state index in [2.05, 4.69) is 21.9 Å². The summed E-state index contributed by atoms with van der Waals surface area (Å²) in [7, 11) is 0. The summed E-state index contributed by atoms with van der Waals surface area (Å²) in [5, 5.41) is 0.541. The number of imidazole rings is 1. The lowest BCUT2D eigenvalue weighted by atomic mass is 9.96. The first-order valence-electron chi connectivity index (χ1n) is 7.51. The fourth-order valence-corrected chi connectivity index (χ4v) is 3.34. The molecule has 0 bridgehead atoms. The number of pyridine rings is 1. The molecule has 3 aromatic rings. The van der Waals surface area contributed by atoms with Crippen LogP contribution >= 0.6 is 11.6 Å². The highest BCUT2D eigenvalue weighted by Gasteiger charge is 2.28. The van der Waals surface area contributed by atoms with Crippen molar-refractivity contribution in [2.45, 2.75) is 19.4 Å². The van der Waals surface area contributed by atoms with Crippen LogP contribution in [0.4, 0.5) is 0 Å². The van der Waals surface area contributed by atoms with Crippen LogP contribution in [0.5, 0.6) is 0 Å². The van der Waals surface area contributed by atoms with Gasteiger partial charge in [0.25, 0.3) is 5.91 Å². The molecular weight excluding hydrogens is 312 g/mol. The number of halogens is 1. The topological polar surface area (TPSA) is 61.9 Å². The van der Waals surface area contributed by atoms with Gasteiger partial charge in [-0.05, 0) is 23.8 Å². The predicted octanol–water partition coefficient (Wildman–Crippen LogP) is 3.37. The van der Waals surface area contributed by atoms with Gasteiger partial charge in [-0.2, -0.15) is 0 Å². The molecule has 6 heteroatoms. The molecule has 0 saturated heterocycles. The number of nitrogens with zero attached hydrogens (tertiary/aromatic N) is 3. The molecular formula is C17H15ClN4O. The Kier molecular flexibility index (Phi) is 3.31. The number of amides is 1. The van der Waals surface area contributed by atoms with Crippen LogP contribution in [-0.4, -0.2) is 32.3 Å². The van der Waals surface area contributed by atoms with Crippen LogP contribution in [0.15, 0.2) is 36.5 Å². The van der Waals surface area contributed by atoms with Crippen molar-refractivity contribution in [3.63, 3.8) is 0 Å². The molecule has 1 amide bonds. The number of benzene rings is 1. The Morgan fingerprint density at radius 3 is 3.04 bits per heavy atom. The summed E-state index contributed by atoms with van der Waals surface area (Å²) < 4.78 is 0. The van der Waals surface area contributed by atoms with E-state index >= 15 is 0 Å². The van der Waals surface area contributed by atoms with Crippen LogP contribution in [0, 0.1) is 0 Å². The van der Waals surface area contributed by atoms with Gasteiger partial charge in [-0.3, -0.25) is 9.78 Å². The monoisotopic (exact) mass is 326 g/mol. The second-order valence-corrected chi connectivity index (χ2v) is 6.26. The van der Waals surface area contributed by atoms with Crippen molar-refractivity contribution in [1.82, 2.24) is 19.9 Å². The van der Waals surface area contributed by atoms with E-state index in [9.17, 15) is 4.79 Å². The van der Waals surface area contributed by atoms with Gasteiger partial charge in [0.1, 0.15) is 5.52 Å². The zero-order valence-corrected chi connectivity index (χ0v) is 13.3. The molecule has 116 valence electrons. The number of H-pyrrole nitrogens is 1. The van der Waals surface area contributed by atoms with Gasteiger partial charge in [0.15, 0.2) is 5.82 Å². The molecule has 0 aliphatic carbocycles. The molecule has 1 aliphatic heterocycles. The largest absolute Gasteiger partial charge is 0.334 e. The van der Waals surface area contributed by atoms with E-state index in [0.717, 1.165) is 16.8 Å². The van der Waals surface area contributed by atoms with E-state index in [4.69, 9.17) is 11.6 Å². The fraction of sp³-hybridized carbons (Fsp3) is 0.235. The smallest absolute Gasteiger partial charge is 0.290 e. The number of fused-ring (bicyclic) bond motifs is 2. The lowest BCUT2D eigenvalue weighted by Gasteiger charge is -2.31. The molecule has 4 rings (SSSR count). The third-order valence-electron chi connectivity index (χ3n) is 4.20. The van der Waals surface area contributed by atoms with Crippen molar-refractivity contribution in [3.05, 3.63) is 58.6 Å². The molecule has 1 aromatic carbocycles. The van der Waals surface area contributed by atoms with E-state index in [1.54, 1.807) is 17.2 Å². The molecule has 23 heavy (non-hydrogen) atoms. The van der Waals surface area contributed by atoms with E-state index < -0.39 is 0 Å². The average molecular weight is 327 g/mol. The molecule has 2 aromatic heterocycles. The number of carbonyl (C=O) groups is 1. The summed E-state index contributed by atoms with van der Waals surface area (Å²) >= 11 is 6.14. The van der Waals surface area contributed by atoms with Crippen molar-refractivity contribution in [1.29, 1.82) is 0 Å². The molecule has 0 spiro atoms. The number of rotatable bonds is 1. The standard InChI is InChI=1S/C17H15ClN4O/c1-10-8-22(9-11-4-3-7-19-14(10)11)17(23)16-20-13-6-2-5-12(18)15(13)21-16/h2-7,10H,8-9H2,1H3,(H,20,21). The molecule has 0 fully saturated rings. The number of aromatic amines is 1. The highest BCUT2D eigenvalue weighted by molar-refractivity contribution is 6.35. The Morgan fingerprint density at radius 1 is 1.35 bits per heavy atom. The van der Waals surface area contributed by atoms with E-state index in [1.165, 1.54) is 0 Å². The van der Waals surface area contributed by atoms with Crippen molar-refractivity contribution >= 4 is 28.5 Å². The summed E-state index contributed by atoms with van der Waals surface area (Å²) in [6.45, 7) is 3.27. The first kappa shape index (κ1) is 14.2. The molecule has 3 heterocycles. The van der Waals surface area contributed by atoms with Crippen molar-refractivity contribution in [3.8, 4) is 0 Å². The maximum atomic E-state index is 12.8. The Morgan fingerprint density at radius 2 is 2.22 bits per heavy atom. The van der Waals surface area contributed by atoms with Gasteiger partial charge in [-0.1, -0.05) is 30.7 Å². The van der Waals surface area contributed by atoms with Crippen molar-refractivity contribution in [2.75, 3.05) is 6.54 Å². The Bertz CT molecular complexity index is 904.